The maximum atomic E-state index is 13.0. The third-order valence-electron chi connectivity index (χ3n) is 4.91. The van der Waals surface area contributed by atoms with Gasteiger partial charge >= 0.3 is 5.97 Å². The normalized spacial score (nSPS) is 15.1. The zero-order valence-corrected chi connectivity index (χ0v) is 16.0. The van der Waals surface area contributed by atoms with Gasteiger partial charge in [-0.15, -0.1) is 0 Å². The molecule has 140 valence electrons. The molecule has 0 saturated heterocycles. The van der Waals surface area contributed by atoms with Gasteiger partial charge in [-0.1, -0.05) is 48.0 Å². The van der Waals surface area contributed by atoms with E-state index in [4.69, 9.17) is 16.3 Å². The van der Waals surface area contributed by atoms with Crippen LogP contribution >= 0.6 is 11.6 Å². The summed E-state index contributed by atoms with van der Waals surface area (Å²) in [5.74, 6) is -0.480. The van der Waals surface area contributed by atoms with E-state index in [9.17, 15) is 9.59 Å². The highest BCUT2D eigenvalue weighted by Crippen LogP contribution is 2.35. The summed E-state index contributed by atoms with van der Waals surface area (Å²) < 4.78 is 5.42. The summed E-state index contributed by atoms with van der Waals surface area (Å²) in [6.45, 7) is 1.92. The zero-order chi connectivity index (χ0) is 19.7. The molecule has 1 heterocycles. The molecule has 3 aromatic carbocycles. The maximum Gasteiger partial charge on any atom is 0.339 e. The van der Waals surface area contributed by atoms with E-state index in [0.29, 0.717) is 21.8 Å². The SMILES string of the molecule is Cc1c(Cl)cccc1Nc1ccccc1C(=O)CC1OC(=O)c2ccccc21. The molecule has 5 heteroatoms. The highest BCUT2D eigenvalue weighted by molar-refractivity contribution is 6.31. The van der Waals surface area contributed by atoms with E-state index in [1.54, 1.807) is 18.2 Å². The van der Waals surface area contributed by atoms with Crippen LogP contribution in [0.5, 0.6) is 0 Å². The van der Waals surface area contributed by atoms with Gasteiger partial charge in [0.15, 0.2) is 5.78 Å². The van der Waals surface area contributed by atoms with Crippen molar-refractivity contribution in [2.45, 2.75) is 19.4 Å². The number of esters is 1. The molecule has 1 N–H and O–H groups in total. The number of anilines is 2. The Balaban J connectivity index is 1.60. The summed E-state index contributed by atoms with van der Waals surface area (Å²) in [5.41, 5.74) is 4.27. The van der Waals surface area contributed by atoms with E-state index < -0.39 is 6.10 Å². The lowest BCUT2D eigenvalue weighted by molar-refractivity contribution is 0.0367. The van der Waals surface area contributed by atoms with Crippen LogP contribution in [0.4, 0.5) is 11.4 Å². The Morgan fingerprint density at radius 2 is 1.71 bits per heavy atom. The Morgan fingerprint density at radius 3 is 2.57 bits per heavy atom. The lowest BCUT2D eigenvalue weighted by Gasteiger charge is -2.15. The number of para-hydroxylation sites is 1. The number of hydrogen-bond donors (Lipinski definition) is 1. The number of carbonyl (C=O) groups excluding carboxylic acids is 2. The summed E-state index contributed by atoms with van der Waals surface area (Å²) >= 11 is 6.20. The van der Waals surface area contributed by atoms with Crippen molar-refractivity contribution in [2.24, 2.45) is 0 Å². The molecule has 1 unspecified atom stereocenters. The molecule has 0 saturated carbocycles. The number of rotatable bonds is 5. The largest absolute Gasteiger partial charge is 0.453 e. The molecule has 0 fully saturated rings. The number of cyclic esters (lactones) is 1. The topological polar surface area (TPSA) is 55.4 Å². The second kappa shape index (κ2) is 7.49. The van der Waals surface area contributed by atoms with Gasteiger partial charge in [0, 0.05) is 27.5 Å². The minimum atomic E-state index is -0.558. The quantitative estimate of drug-likeness (QED) is 0.436. The summed E-state index contributed by atoms with van der Waals surface area (Å²) in [6, 6.07) is 20.1. The third-order valence-corrected chi connectivity index (χ3v) is 5.32. The summed E-state index contributed by atoms with van der Waals surface area (Å²) in [7, 11) is 0. The molecule has 0 amide bonds. The first kappa shape index (κ1) is 18.3. The Labute approximate surface area is 168 Å². The Bertz CT molecular complexity index is 1080. The van der Waals surface area contributed by atoms with Gasteiger partial charge in [-0.05, 0) is 42.8 Å². The second-order valence-electron chi connectivity index (χ2n) is 6.69. The fraction of sp³-hybridized carbons (Fsp3) is 0.130. The van der Waals surface area contributed by atoms with Gasteiger partial charge in [-0.25, -0.2) is 4.79 Å². The number of nitrogens with one attached hydrogen (secondary N) is 1. The van der Waals surface area contributed by atoms with Crippen molar-refractivity contribution >= 4 is 34.7 Å². The molecule has 4 rings (SSSR count). The van der Waals surface area contributed by atoms with Crippen molar-refractivity contribution in [1.29, 1.82) is 0 Å². The fourth-order valence-electron chi connectivity index (χ4n) is 3.37. The van der Waals surface area contributed by atoms with E-state index in [1.807, 2.05) is 55.5 Å². The van der Waals surface area contributed by atoms with E-state index in [-0.39, 0.29) is 18.2 Å². The maximum absolute atomic E-state index is 13.0. The van der Waals surface area contributed by atoms with Crippen LogP contribution in [0.1, 0.15) is 44.4 Å². The van der Waals surface area contributed by atoms with E-state index >= 15 is 0 Å². The van der Waals surface area contributed by atoms with Gasteiger partial charge in [-0.2, -0.15) is 0 Å². The highest BCUT2D eigenvalue weighted by Gasteiger charge is 2.32. The van der Waals surface area contributed by atoms with Crippen LogP contribution < -0.4 is 5.32 Å². The number of benzene rings is 3. The molecule has 1 aliphatic heterocycles. The molecule has 0 aromatic heterocycles. The Kier molecular flexibility index (Phi) is 4.88. The molecule has 0 radical (unpaired) electrons. The first-order valence-corrected chi connectivity index (χ1v) is 9.36. The van der Waals surface area contributed by atoms with Crippen molar-refractivity contribution in [3.8, 4) is 0 Å². The molecule has 1 atom stereocenters. The minimum Gasteiger partial charge on any atom is -0.453 e. The van der Waals surface area contributed by atoms with Crippen LogP contribution in [0.3, 0.4) is 0 Å². The second-order valence-corrected chi connectivity index (χ2v) is 7.10. The van der Waals surface area contributed by atoms with Crippen molar-refractivity contribution in [3.05, 3.63) is 94.0 Å². The average Bonchev–Trinajstić information content (AvgIpc) is 3.02. The molecule has 0 spiro atoms. The van der Waals surface area contributed by atoms with Gasteiger partial charge in [0.1, 0.15) is 6.10 Å². The molecule has 28 heavy (non-hydrogen) atoms. The van der Waals surface area contributed by atoms with Crippen LogP contribution in [0.25, 0.3) is 0 Å². The molecule has 4 nitrogen and oxygen atoms in total. The highest BCUT2D eigenvalue weighted by atomic mass is 35.5. The Hall–Kier alpha value is -3.11. The smallest absolute Gasteiger partial charge is 0.339 e. The molecule has 3 aromatic rings. The summed E-state index contributed by atoms with van der Waals surface area (Å²) in [5, 5.41) is 3.96. The number of carbonyl (C=O) groups is 2. The predicted molar refractivity (Wildman–Crippen MR) is 109 cm³/mol. The predicted octanol–water partition coefficient (Wildman–Crippen LogP) is 5.88. The Morgan fingerprint density at radius 1 is 1.00 bits per heavy atom. The molecular formula is C23H18ClNO3. The van der Waals surface area contributed by atoms with Crippen LogP contribution in [-0.4, -0.2) is 11.8 Å². The standard InChI is InChI=1S/C23H18ClNO3/c1-14-18(24)10-6-12-19(14)25-20-11-5-4-9-17(20)21(26)13-22-15-7-2-3-8-16(15)23(27)28-22/h2-12,22,25H,13H2,1H3. The van der Waals surface area contributed by atoms with Crippen molar-refractivity contribution in [1.82, 2.24) is 0 Å². The monoisotopic (exact) mass is 391 g/mol. The summed E-state index contributed by atoms with van der Waals surface area (Å²) in [4.78, 5) is 25.0. The first-order valence-electron chi connectivity index (χ1n) is 8.99. The average molecular weight is 392 g/mol. The molecule has 1 aliphatic rings. The van der Waals surface area contributed by atoms with Crippen LogP contribution in [-0.2, 0) is 4.74 Å². The number of Topliss-reactive ketones (excluding diaryl/α,β-unsaturated/α-hetero) is 1. The van der Waals surface area contributed by atoms with E-state index in [2.05, 4.69) is 5.32 Å². The van der Waals surface area contributed by atoms with Gasteiger partial charge < -0.3 is 10.1 Å². The number of fused-ring (bicyclic) bond motifs is 1. The van der Waals surface area contributed by atoms with Crippen LogP contribution in [0.15, 0.2) is 66.7 Å². The lowest BCUT2D eigenvalue weighted by Crippen LogP contribution is -2.10. The number of ether oxygens (including phenoxy) is 1. The molecular weight excluding hydrogens is 374 g/mol. The van der Waals surface area contributed by atoms with E-state index in [0.717, 1.165) is 16.8 Å². The van der Waals surface area contributed by atoms with Crippen LogP contribution in [0, 0.1) is 6.92 Å². The van der Waals surface area contributed by atoms with Gasteiger partial charge in [-0.3, -0.25) is 4.79 Å². The van der Waals surface area contributed by atoms with Gasteiger partial charge in [0.2, 0.25) is 0 Å². The fourth-order valence-corrected chi connectivity index (χ4v) is 3.55. The number of ketones is 1. The van der Waals surface area contributed by atoms with Gasteiger partial charge in [0.05, 0.1) is 12.0 Å². The van der Waals surface area contributed by atoms with Crippen LogP contribution in [0.2, 0.25) is 5.02 Å². The lowest BCUT2D eigenvalue weighted by atomic mass is 9.97. The third kappa shape index (κ3) is 3.39. The van der Waals surface area contributed by atoms with Crippen molar-refractivity contribution < 1.29 is 14.3 Å². The first-order chi connectivity index (χ1) is 13.5. The van der Waals surface area contributed by atoms with E-state index in [1.165, 1.54) is 0 Å². The minimum absolute atomic E-state index is 0.0932. The summed E-state index contributed by atoms with van der Waals surface area (Å²) in [6.07, 6.45) is -0.465. The van der Waals surface area contributed by atoms with Crippen molar-refractivity contribution in [3.63, 3.8) is 0 Å². The molecule has 0 aliphatic carbocycles. The van der Waals surface area contributed by atoms with Gasteiger partial charge in [0.25, 0.3) is 0 Å². The zero-order valence-electron chi connectivity index (χ0n) is 15.2. The molecule has 0 bridgehead atoms. The number of halogens is 1. The number of hydrogen-bond acceptors (Lipinski definition) is 4. The van der Waals surface area contributed by atoms with Crippen molar-refractivity contribution in [2.75, 3.05) is 5.32 Å².